The molecule has 0 aliphatic carbocycles. The van der Waals surface area contributed by atoms with Gasteiger partial charge in [0.1, 0.15) is 0 Å². The molecule has 0 spiro atoms. The minimum Gasteiger partial charge on any atom is -0.466 e. The van der Waals surface area contributed by atoms with Gasteiger partial charge in [-0.2, -0.15) is 0 Å². The number of aliphatic hydroxyl groups excluding tert-OH is 2. The third-order valence-electron chi connectivity index (χ3n) is 15.3. The van der Waals surface area contributed by atoms with Crippen LogP contribution in [0.1, 0.15) is 367 Å². The zero-order valence-corrected chi connectivity index (χ0v) is 48.2. The molecule has 1 amide bonds. The van der Waals surface area contributed by atoms with E-state index in [1.807, 2.05) is 6.08 Å². The van der Waals surface area contributed by atoms with Gasteiger partial charge in [-0.05, 0) is 32.1 Å². The summed E-state index contributed by atoms with van der Waals surface area (Å²) in [6.07, 6.45) is 74.0. The van der Waals surface area contributed by atoms with Gasteiger partial charge < -0.3 is 20.3 Å². The summed E-state index contributed by atoms with van der Waals surface area (Å²) in [5.74, 6) is -0.0597. The highest BCUT2D eigenvalue weighted by molar-refractivity contribution is 5.76. The number of ether oxygens (including phenoxy) is 1. The van der Waals surface area contributed by atoms with Crippen molar-refractivity contribution >= 4 is 11.9 Å². The summed E-state index contributed by atoms with van der Waals surface area (Å²) in [7, 11) is 0. The number of hydrogen-bond acceptors (Lipinski definition) is 5. The lowest BCUT2D eigenvalue weighted by molar-refractivity contribution is -0.143. The number of hydrogen-bond donors (Lipinski definition) is 3. The maximum Gasteiger partial charge on any atom is 0.305 e. The molecule has 71 heavy (non-hydrogen) atoms. The lowest BCUT2D eigenvalue weighted by Crippen LogP contribution is -2.45. The molecule has 0 saturated carbocycles. The van der Waals surface area contributed by atoms with E-state index in [1.165, 1.54) is 302 Å². The third-order valence-corrected chi connectivity index (χ3v) is 15.3. The number of carbonyl (C=O) groups excluding carboxylic acids is 2. The summed E-state index contributed by atoms with van der Waals surface area (Å²) < 4.78 is 5.50. The molecule has 422 valence electrons. The van der Waals surface area contributed by atoms with Crippen molar-refractivity contribution in [1.29, 1.82) is 0 Å². The second kappa shape index (κ2) is 61.1. The minimum atomic E-state index is -0.848. The predicted octanol–water partition coefficient (Wildman–Crippen LogP) is 20.4. The largest absolute Gasteiger partial charge is 0.466 e. The van der Waals surface area contributed by atoms with Crippen LogP contribution in [0.15, 0.2) is 12.2 Å². The van der Waals surface area contributed by atoms with Crippen molar-refractivity contribution in [2.75, 3.05) is 13.2 Å². The minimum absolute atomic E-state index is 0.00946. The van der Waals surface area contributed by atoms with Gasteiger partial charge in [-0.15, -0.1) is 0 Å². The normalized spacial score (nSPS) is 12.6. The summed E-state index contributed by atoms with van der Waals surface area (Å²) in [6.45, 7) is 4.93. The molecular formula is C65H127NO5. The van der Waals surface area contributed by atoms with Gasteiger partial charge in [0.15, 0.2) is 0 Å². The zero-order valence-electron chi connectivity index (χ0n) is 48.2. The molecule has 0 bridgehead atoms. The van der Waals surface area contributed by atoms with Crippen molar-refractivity contribution in [3.8, 4) is 0 Å². The first-order chi connectivity index (χ1) is 35.0. The average molecular weight is 1000 g/mol. The van der Waals surface area contributed by atoms with E-state index in [0.717, 1.165) is 38.5 Å². The van der Waals surface area contributed by atoms with E-state index < -0.39 is 12.1 Å². The molecule has 2 atom stereocenters. The van der Waals surface area contributed by atoms with Crippen molar-refractivity contribution in [2.45, 2.75) is 379 Å². The van der Waals surface area contributed by atoms with Crippen LogP contribution in [0.2, 0.25) is 0 Å². The number of unbranched alkanes of at least 4 members (excludes halogenated alkanes) is 50. The van der Waals surface area contributed by atoms with Gasteiger partial charge >= 0.3 is 5.97 Å². The van der Waals surface area contributed by atoms with Gasteiger partial charge in [0.05, 0.1) is 25.4 Å². The number of aliphatic hydroxyl groups is 2. The molecule has 0 aromatic rings. The van der Waals surface area contributed by atoms with E-state index in [0.29, 0.717) is 19.4 Å². The molecular weight excluding hydrogens is 875 g/mol. The highest BCUT2D eigenvalue weighted by Crippen LogP contribution is 2.18. The first kappa shape index (κ1) is 69.6. The molecule has 6 nitrogen and oxygen atoms in total. The summed E-state index contributed by atoms with van der Waals surface area (Å²) in [5.41, 5.74) is 0. The van der Waals surface area contributed by atoms with Crippen molar-refractivity contribution in [2.24, 2.45) is 0 Å². The molecule has 0 saturated heterocycles. The van der Waals surface area contributed by atoms with E-state index in [4.69, 9.17) is 4.74 Å². The molecule has 0 rings (SSSR count). The van der Waals surface area contributed by atoms with Crippen LogP contribution < -0.4 is 5.32 Å². The standard InChI is InChI=1S/C65H127NO5/c1-3-5-7-9-11-13-15-17-19-21-22-23-26-29-33-37-41-45-49-53-57-63(68)62(61-67)66-64(69)58-54-50-46-42-38-34-30-27-24-28-32-36-40-44-48-52-56-60-71-65(70)59-55-51-47-43-39-35-31-25-20-18-16-14-12-10-8-6-4-2/h53,57,62-63,67-68H,3-52,54-56,58-61H2,1-2H3,(H,66,69)/b57-53+. The molecule has 0 aromatic heterocycles. The third kappa shape index (κ3) is 57.7. The Kier molecular flexibility index (Phi) is 59.9. The second-order valence-corrected chi connectivity index (χ2v) is 22.5. The Morgan fingerprint density at radius 2 is 0.648 bits per heavy atom. The summed E-state index contributed by atoms with van der Waals surface area (Å²) in [4.78, 5) is 24.6. The maximum absolute atomic E-state index is 12.5. The number of esters is 1. The van der Waals surface area contributed by atoms with Crippen LogP contribution in [0.25, 0.3) is 0 Å². The van der Waals surface area contributed by atoms with E-state index in [-0.39, 0.29) is 18.5 Å². The van der Waals surface area contributed by atoms with Gasteiger partial charge in [0.2, 0.25) is 5.91 Å². The Morgan fingerprint density at radius 1 is 0.380 bits per heavy atom. The lowest BCUT2D eigenvalue weighted by Gasteiger charge is -2.20. The molecule has 0 radical (unpaired) electrons. The molecule has 2 unspecified atom stereocenters. The molecule has 0 heterocycles. The first-order valence-electron chi connectivity index (χ1n) is 32.5. The predicted molar refractivity (Wildman–Crippen MR) is 310 cm³/mol. The quantitative estimate of drug-likeness (QED) is 0.0320. The number of rotatable bonds is 61. The highest BCUT2D eigenvalue weighted by Gasteiger charge is 2.18. The zero-order chi connectivity index (χ0) is 51.4. The Morgan fingerprint density at radius 3 is 0.958 bits per heavy atom. The molecule has 0 fully saturated rings. The summed E-state index contributed by atoms with van der Waals surface area (Å²) in [5, 5.41) is 23.2. The van der Waals surface area contributed by atoms with Crippen molar-refractivity contribution < 1.29 is 24.5 Å². The second-order valence-electron chi connectivity index (χ2n) is 22.5. The number of allylic oxidation sites excluding steroid dienone is 1. The molecule has 0 aromatic carbocycles. The Bertz CT molecular complexity index is 1060. The Labute approximate surface area is 444 Å². The fourth-order valence-electron chi connectivity index (χ4n) is 10.3. The van der Waals surface area contributed by atoms with Crippen LogP contribution in [0, 0.1) is 0 Å². The summed E-state index contributed by atoms with van der Waals surface area (Å²) in [6, 6.07) is -0.632. The first-order valence-corrected chi connectivity index (χ1v) is 32.5. The van der Waals surface area contributed by atoms with Gasteiger partial charge in [0, 0.05) is 12.8 Å². The van der Waals surface area contributed by atoms with Crippen LogP contribution in [-0.4, -0.2) is 47.4 Å². The Balaban J connectivity index is 3.42. The fourth-order valence-corrected chi connectivity index (χ4v) is 10.3. The number of carbonyl (C=O) groups is 2. The van der Waals surface area contributed by atoms with Crippen LogP contribution in [0.4, 0.5) is 0 Å². The number of amides is 1. The maximum atomic E-state index is 12.5. The monoisotopic (exact) mass is 1000 g/mol. The van der Waals surface area contributed by atoms with Crippen LogP contribution >= 0.6 is 0 Å². The van der Waals surface area contributed by atoms with Gasteiger partial charge in [0.25, 0.3) is 0 Å². The van der Waals surface area contributed by atoms with E-state index in [9.17, 15) is 19.8 Å². The fraction of sp³-hybridized carbons (Fsp3) is 0.938. The van der Waals surface area contributed by atoms with Gasteiger partial charge in [-0.25, -0.2) is 0 Å². The van der Waals surface area contributed by atoms with Crippen LogP contribution in [0.5, 0.6) is 0 Å². The van der Waals surface area contributed by atoms with E-state index in [2.05, 4.69) is 19.2 Å². The van der Waals surface area contributed by atoms with Crippen molar-refractivity contribution in [1.82, 2.24) is 5.32 Å². The molecule has 6 heteroatoms. The molecule has 0 aliphatic heterocycles. The Hall–Kier alpha value is -1.40. The van der Waals surface area contributed by atoms with Crippen LogP contribution in [-0.2, 0) is 14.3 Å². The smallest absolute Gasteiger partial charge is 0.305 e. The van der Waals surface area contributed by atoms with Crippen molar-refractivity contribution in [3.05, 3.63) is 12.2 Å². The van der Waals surface area contributed by atoms with E-state index >= 15 is 0 Å². The van der Waals surface area contributed by atoms with E-state index in [1.54, 1.807) is 6.08 Å². The summed E-state index contributed by atoms with van der Waals surface area (Å²) >= 11 is 0. The van der Waals surface area contributed by atoms with Gasteiger partial charge in [-0.3, -0.25) is 9.59 Å². The SMILES string of the molecule is CCCCCCCCCCCCCCCCCCCC/C=C/C(O)C(CO)NC(=O)CCCCCCCCCCCCCCCCCCCOC(=O)CCCCCCCCCCCCCCCCCCC. The number of nitrogens with one attached hydrogen (secondary N) is 1. The molecule has 0 aliphatic rings. The van der Waals surface area contributed by atoms with Crippen molar-refractivity contribution in [3.63, 3.8) is 0 Å². The topological polar surface area (TPSA) is 95.9 Å². The lowest BCUT2D eigenvalue weighted by atomic mass is 10.0. The molecule has 3 N–H and O–H groups in total. The van der Waals surface area contributed by atoms with Crippen LogP contribution in [0.3, 0.4) is 0 Å². The highest BCUT2D eigenvalue weighted by atomic mass is 16.5. The average Bonchev–Trinajstić information content (AvgIpc) is 3.37. The van der Waals surface area contributed by atoms with Gasteiger partial charge in [-0.1, -0.05) is 334 Å².